The van der Waals surface area contributed by atoms with Crippen molar-refractivity contribution in [1.82, 2.24) is 15.4 Å². The van der Waals surface area contributed by atoms with Gasteiger partial charge in [-0.3, -0.25) is 4.90 Å². The van der Waals surface area contributed by atoms with Crippen molar-refractivity contribution in [2.45, 2.75) is 66.1 Å². The second-order valence-electron chi connectivity index (χ2n) is 6.81. The van der Waals surface area contributed by atoms with Gasteiger partial charge in [0.1, 0.15) is 5.76 Å². The van der Waals surface area contributed by atoms with E-state index >= 15 is 0 Å². The van der Waals surface area contributed by atoms with Gasteiger partial charge < -0.3 is 9.84 Å². The summed E-state index contributed by atoms with van der Waals surface area (Å²) in [6, 6.07) is 0.573. The molecule has 1 aliphatic heterocycles. The number of aromatic nitrogens is 1. The fourth-order valence-electron chi connectivity index (χ4n) is 3.10. The van der Waals surface area contributed by atoms with Gasteiger partial charge in [-0.05, 0) is 33.1 Å². The van der Waals surface area contributed by atoms with E-state index in [4.69, 9.17) is 4.52 Å². The molecule has 0 bridgehead atoms. The third kappa shape index (κ3) is 3.07. The summed E-state index contributed by atoms with van der Waals surface area (Å²) in [5, 5.41) is 7.83. The van der Waals surface area contributed by atoms with Gasteiger partial charge in [-0.2, -0.15) is 0 Å². The second-order valence-corrected chi connectivity index (χ2v) is 6.81. The molecule has 2 heterocycles. The second kappa shape index (κ2) is 5.86. The Labute approximate surface area is 122 Å². The van der Waals surface area contributed by atoms with E-state index in [1.165, 1.54) is 5.56 Å². The fraction of sp³-hybridized carbons (Fsp3) is 0.812. The lowest BCUT2D eigenvalue weighted by Crippen LogP contribution is -2.63. The van der Waals surface area contributed by atoms with E-state index in [1.54, 1.807) is 0 Å². The Morgan fingerprint density at radius 1 is 1.45 bits per heavy atom. The molecule has 0 saturated carbocycles. The van der Waals surface area contributed by atoms with Crippen LogP contribution in [0.2, 0.25) is 0 Å². The Bertz CT molecular complexity index is 435. The van der Waals surface area contributed by atoms with Gasteiger partial charge in [-0.25, -0.2) is 0 Å². The monoisotopic (exact) mass is 279 g/mol. The number of hydrogen-bond donors (Lipinski definition) is 1. The first kappa shape index (κ1) is 15.5. The van der Waals surface area contributed by atoms with Crippen molar-refractivity contribution in [3.05, 3.63) is 17.0 Å². The Balaban J connectivity index is 2.20. The molecule has 1 N–H and O–H groups in total. The maximum absolute atomic E-state index is 5.32. The topological polar surface area (TPSA) is 41.3 Å². The molecule has 20 heavy (non-hydrogen) atoms. The molecule has 1 saturated heterocycles. The lowest BCUT2D eigenvalue weighted by molar-refractivity contribution is 0.0534. The molecule has 4 nitrogen and oxygen atoms in total. The summed E-state index contributed by atoms with van der Waals surface area (Å²) >= 11 is 0. The highest BCUT2D eigenvalue weighted by Crippen LogP contribution is 2.26. The molecule has 0 amide bonds. The highest BCUT2D eigenvalue weighted by molar-refractivity contribution is 5.21. The number of nitrogens with zero attached hydrogens (tertiary/aromatic N) is 2. The van der Waals surface area contributed by atoms with Crippen LogP contribution >= 0.6 is 0 Å². The average Bonchev–Trinajstić information content (AvgIpc) is 2.70. The molecule has 0 aromatic carbocycles. The minimum atomic E-state index is 0.213. The number of piperazine rings is 1. The normalized spacial score (nSPS) is 28.2. The Morgan fingerprint density at radius 3 is 2.65 bits per heavy atom. The minimum absolute atomic E-state index is 0.213. The van der Waals surface area contributed by atoms with Crippen LogP contribution in [-0.4, -0.2) is 34.7 Å². The van der Waals surface area contributed by atoms with Gasteiger partial charge in [0.15, 0.2) is 0 Å². The molecular formula is C16H29N3O. The predicted octanol–water partition coefficient (Wildman–Crippen LogP) is 2.89. The van der Waals surface area contributed by atoms with Gasteiger partial charge in [-0.1, -0.05) is 25.9 Å². The number of rotatable bonds is 4. The zero-order chi connectivity index (χ0) is 14.9. The molecule has 0 spiro atoms. The molecule has 1 aliphatic rings. The maximum atomic E-state index is 5.32. The van der Waals surface area contributed by atoms with Crippen molar-refractivity contribution in [3.63, 3.8) is 0 Å². The SMILES string of the molecule is CCC1(C)CN(Cc2c(C)noc2C)C(C(C)C)CN1. The summed E-state index contributed by atoms with van der Waals surface area (Å²) in [4.78, 5) is 2.61. The Kier molecular flexibility index (Phi) is 4.55. The first-order chi connectivity index (χ1) is 9.36. The molecule has 2 unspecified atom stereocenters. The summed E-state index contributed by atoms with van der Waals surface area (Å²) in [5.74, 6) is 1.60. The molecular weight excluding hydrogens is 250 g/mol. The minimum Gasteiger partial charge on any atom is -0.361 e. The van der Waals surface area contributed by atoms with Crippen LogP contribution in [0.4, 0.5) is 0 Å². The molecule has 4 heteroatoms. The van der Waals surface area contributed by atoms with Crippen LogP contribution in [0.15, 0.2) is 4.52 Å². The zero-order valence-electron chi connectivity index (χ0n) is 13.8. The third-order valence-electron chi connectivity index (χ3n) is 4.85. The number of aryl methyl sites for hydroxylation is 2. The van der Waals surface area contributed by atoms with Crippen LogP contribution in [0.5, 0.6) is 0 Å². The molecule has 2 rings (SSSR count). The molecule has 0 aliphatic carbocycles. The van der Waals surface area contributed by atoms with Crippen LogP contribution < -0.4 is 5.32 Å². The van der Waals surface area contributed by atoms with E-state index in [0.717, 1.165) is 37.5 Å². The fourth-order valence-corrected chi connectivity index (χ4v) is 3.10. The van der Waals surface area contributed by atoms with Crippen LogP contribution in [0.1, 0.15) is 51.1 Å². The smallest absolute Gasteiger partial charge is 0.138 e. The van der Waals surface area contributed by atoms with Crippen LogP contribution in [-0.2, 0) is 6.54 Å². The van der Waals surface area contributed by atoms with Gasteiger partial charge in [0.25, 0.3) is 0 Å². The van der Waals surface area contributed by atoms with E-state index in [0.29, 0.717) is 12.0 Å². The zero-order valence-corrected chi connectivity index (χ0v) is 13.8. The van der Waals surface area contributed by atoms with Gasteiger partial charge >= 0.3 is 0 Å². The molecule has 2 atom stereocenters. The quantitative estimate of drug-likeness (QED) is 0.920. The third-order valence-corrected chi connectivity index (χ3v) is 4.85. The molecule has 1 fully saturated rings. The van der Waals surface area contributed by atoms with Crippen molar-refractivity contribution in [2.24, 2.45) is 5.92 Å². The van der Waals surface area contributed by atoms with E-state index in [-0.39, 0.29) is 5.54 Å². The van der Waals surface area contributed by atoms with Crippen molar-refractivity contribution in [3.8, 4) is 0 Å². The molecule has 1 aromatic rings. The molecule has 0 radical (unpaired) electrons. The van der Waals surface area contributed by atoms with Gasteiger partial charge in [-0.15, -0.1) is 0 Å². The summed E-state index contributed by atoms with van der Waals surface area (Å²) in [6.45, 7) is 16.3. The van der Waals surface area contributed by atoms with E-state index in [2.05, 4.69) is 43.1 Å². The summed E-state index contributed by atoms with van der Waals surface area (Å²) in [7, 11) is 0. The van der Waals surface area contributed by atoms with Crippen molar-refractivity contribution < 1.29 is 4.52 Å². The van der Waals surface area contributed by atoms with Crippen molar-refractivity contribution in [1.29, 1.82) is 0 Å². The highest BCUT2D eigenvalue weighted by Gasteiger charge is 2.36. The lowest BCUT2D eigenvalue weighted by Gasteiger charge is -2.47. The lowest BCUT2D eigenvalue weighted by atomic mass is 9.89. The molecule has 1 aromatic heterocycles. The molecule has 114 valence electrons. The van der Waals surface area contributed by atoms with E-state index < -0.39 is 0 Å². The van der Waals surface area contributed by atoms with Gasteiger partial charge in [0.05, 0.1) is 5.69 Å². The van der Waals surface area contributed by atoms with Crippen LogP contribution in [0.3, 0.4) is 0 Å². The van der Waals surface area contributed by atoms with Crippen LogP contribution in [0.25, 0.3) is 0 Å². The summed E-state index contributed by atoms with van der Waals surface area (Å²) in [5.41, 5.74) is 2.50. The highest BCUT2D eigenvalue weighted by atomic mass is 16.5. The van der Waals surface area contributed by atoms with E-state index in [1.807, 2.05) is 13.8 Å². The summed E-state index contributed by atoms with van der Waals surface area (Å²) < 4.78 is 5.32. The van der Waals surface area contributed by atoms with Crippen molar-refractivity contribution >= 4 is 0 Å². The average molecular weight is 279 g/mol. The van der Waals surface area contributed by atoms with E-state index in [9.17, 15) is 0 Å². The maximum Gasteiger partial charge on any atom is 0.138 e. The first-order valence-corrected chi connectivity index (χ1v) is 7.77. The predicted molar refractivity (Wildman–Crippen MR) is 81.7 cm³/mol. The van der Waals surface area contributed by atoms with Crippen molar-refractivity contribution in [2.75, 3.05) is 13.1 Å². The van der Waals surface area contributed by atoms with Gasteiger partial charge in [0, 0.05) is 36.8 Å². The number of nitrogens with one attached hydrogen (secondary N) is 1. The van der Waals surface area contributed by atoms with Crippen LogP contribution in [0, 0.1) is 19.8 Å². The largest absolute Gasteiger partial charge is 0.361 e. The first-order valence-electron chi connectivity index (χ1n) is 7.77. The number of hydrogen-bond acceptors (Lipinski definition) is 4. The van der Waals surface area contributed by atoms with Gasteiger partial charge in [0.2, 0.25) is 0 Å². The summed E-state index contributed by atoms with van der Waals surface area (Å²) in [6.07, 6.45) is 1.15. The Morgan fingerprint density at radius 2 is 2.15 bits per heavy atom. The standard InChI is InChI=1S/C16H29N3O/c1-7-16(6)10-19(15(8-17-16)11(2)3)9-14-12(4)18-20-13(14)5/h11,15,17H,7-10H2,1-6H3. The Hall–Kier alpha value is -0.870.